The van der Waals surface area contributed by atoms with Gasteiger partial charge in [0, 0.05) is 0 Å². The number of carbonyl (C=O) groups excluding carboxylic acids is 2. The molecular formula is C15H18N2O5. The third-order valence-corrected chi connectivity index (χ3v) is 3.35. The molecule has 0 fully saturated rings. The number of anilines is 1. The molecule has 118 valence electrons. The Morgan fingerprint density at radius 1 is 1.41 bits per heavy atom. The van der Waals surface area contributed by atoms with E-state index >= 15 is 0 Å². The minimum absolute atomic E-state index is 0.147. The van der Waals surface area contributed by atoms with E-state index in [2.05, 4.69) is 5.32 Å². The topological polar surface area (TPSA) is 95.9 Å². The molecule has 1 aliphatic rings. The highest BCUT2D eigenvalue weighted by Gasteiger charge is 2.32. The first-order chi connectivity index (χ1) is 10.2. The highest BCUT2D eigenvalue weighted by Crippen LogP contribution is 2.32. The molecule has 2 N–H and O–H groups in total. The van der Waals surface area contributed by atoms with Crippen molar-refractivity contribution in [2.45, 2.75) is 26.3 Å². The van der Waals surface area contributed by atoms with Gasteiger partial charge in [0.25, 0.3) is 5.91 Å². The number of benzene rings is 1. The minimum atomic E-state index is -1.40. The second-order valence-corrected chi connectivity index (χ2v) is 5.72. The zero-order chi connectivity index (χ0) is 16.5. The number of carboxylic acid groups (broad SMARTS) is 1. The maximum absolute atomic E-state index is 12.1. The lowest BCUT2D eigenvalue weighted by Crippen LogP contribution is -2.54. The standard InChI is InChI=1S/C15H18N2O5/c1-9-4-5-11-10(6-9)17(13(19)8-22-11)7-12(18)16-15(2,3)14(20)21/h4-6H,7-8H2,1-3H3,(H,16,18)(H,20,21). The summed E-state index contributed by atoms with van der Waals surface area (Å²) in [5.41, 5.74) is 0.0369. The van der Waals surface area contributed by atoms with Crippen LogP contribution in [0.3, 0.4) is 0 Å². The highest BCUT2D eigenvalue weighted by molar-refractivity contribution is 6.02. The Morgan fingerprint density at radius 3 is 2.73 bits per heavy atom. The van der Waals surface area contributed by atoms with Gasteiger partial charge in [-0.05, 0) is 38.5 Å². The number of hydrogen-bond donors (Lipinski definition) is 2. The number of aryl methyl sites for hydroxylation is 1. The van der Waals surface area contributed by atoms with Gasteiger partial charge in [0.2, 0.25) is 5.91 Å². The van der Waals surface area contributed by atoms with Crippen molar-refractivity contribution in [2.24, 2.45) is 0 Å². The van der Waals surface area contributed by atoms with Crippen molar-refractivity contribution in [3.05, 3.63) is 23.8 Å². The third-order valence-electron chi connectivity index (χ3n) is 3.35. The van der Waals surface area contributed by atoms with Crippen LogP contribution in [0.2, 0.25) is 0 Å². The Morgan fingerprint density at radius 2 is 2.09 bits per heavy atom. The number of rotatable bonds is 4. The van der Waals surface area contributed by atoms with Crippen LogP contribution in [-0.4, -0.2) is 41.6 Å². The number of nitrogens with one attached hydrogen (secondary N) is 1. The molecule has 0 atom stereocenters. The number of fused-ring (bicyclic) bond motifs is 1. The van der Waals surface area contributed by atoms with Crippen LogP contribution in [0.5, 0.6) is 5.75 Å². The van der Waals surface area contributed by atoms with Gasteiger partial charge in [0.05, 0.1) is 5.69 Å². The molecule has 7 heteroatoms. The summed E-state index contributed by atoms with van der Waals surface area (Å²) < 4.78 is 5.32. The fraction of sp³-hybridized carbons (Fsp3) is 0.400. The van der Waals surface area contributed by atoms with Crippen LogP contribution in [0, 0.1) is 6.92 Å². The maximum atomic E-state index is 12.1. The lowest BCUT2D eigenvalue weighted by Gasteiger charge is -2.30. The summed E-state index contributed by atoms with van der Waals surface area (Å²) in [5.74, 6) is -1.52. The van der Waals surface area contributed by atoms with Crippen molar-refractivity contribution in [1.29, 1.82) is 0 Å². The predicted molar refractivity (Wildman–Crippen MR) is 78.9 cm³/mol. The summed E-state index contributed by atoms with van der Waals surface area (Å²) >= 11 is 0. The average molecular weight is 306 g/mol. The summed E-state index contributed by atoms with van der Waals surface area (Å²) in [4.78, 5) is 36.4. The smallest absolute Gasteiger partial charge is 0.328 e. The van der Waals surface area contributed by atoms with E-state index in [1.54, 1.807) is 12.1 Å². The van der Waals surface area contributed by atoms with E-state index in [4.69, 9.17) is 9.84 Å². The first-order valence-electron chi connectivity index (χ1n) is 6.79. The van der Waals surface area contributed by atoms with E-state index in [9.17, 15) is 14.4 Å². The summed E-state index contributed by atoms with van der Waals surface area (Å²) in [7, 11) is 0. The Labute approximate surface area is 127 Å². The molecule has 0 unspecified atom stereocenters. The molecule has 1 aromatic rings. The van der Waals surface area contributed by atoms with Crippen LogP contribution in [0.25, 0.3) is 0 Å². The van der Waals surface area contributed by atoms with Crippen molar-refractivity contribution >= 4 is 23.5 Å². The molecule has 0 spiro atoms. The summed E-state index contributed by atoms with van der Waals surface area (Å²) in [6.07, 6.45) is 0. The lowest BCUT2D eigenvalue weighted by atomic mass is 10.1. The number of carboxylic acids is 1. The van der Waals surface area contributed by atoms with Gasteiger partial charge in [-0.2, -0.15) is 0 Å². The van der Waals surface area contributed by atoms with Crippen LogP contribution in [0.1, 0.15) is 19.4 Å². The van der Waals surface area contributed by atoms with E-state index in [1.807, 2.05) is 13.0 Å². The largest absolute Gasteiger partial charge is 0.482 e. The molecule has 0 radical (unpaired) electrons. The summed E-state index contributed by atoms with van der Waals surface area (Å²) in [6.45, 7) is 4.23. The molecule has 1 heterocycles. The lowest BCUT2D eigenvalue weighted by molar-refractivity contribution is -0.145. The number of nitrogens with zero attached hydrogens (tertiary/aromatic N) is 1. The molecule has 2 amide bonds. The van der Waals surface area contributed by atoms with Crippen molar-refractivity contribution in [2.75, 3.05) is 18.1 Å². The van der Waals surface area contributed by atoms with Gasteiger partial charge < -0.3 is 15.2 Å². The van der Waals surface area contributed by atoms with Crippen LogP contribution in [0.4, 0.5) is 5.69 Å². The molecule has 22 heavy (non-hydrogen) atoms. The van der Waals surface area contributed by atoms with Gasteiger partial charge in [-0.25, -0.2) is 4.79 Å². The fourth-order valence-electron chi connectivity index (χ4n) is 2.07. The number of amides is 2. The van der Waals surface area contributed by atoms with E-state index < -0.39 is 17.4 Å². The molecule has 1 aliphatic heterocycles. The zero-order valence-corrected chi connectivity index (χ0v) is 12.7. The summed E-state index contributed by atoms with van der Waals surface area (Å²) in [6, 6.07) is 5.34. The molecular weight excluding hydrogens is 288 g/mol. The van der Waals surface area contributed by atoms with Gasteiger partial charge in [0.1, 0.15) is 17.8 Å². The van der Waals surface area contributed by atoms with E-state index in [0.29, 0.717) is 11.4 Å². The van der Waals surface area contributed by atoms with Crippen molar-refractivity contribution in [3.63, 3.8) is 0 Å². The average Bonchev–Trinajstić information content (AvgIpc) is 2.41. The highest BCUT2D eigenvalue weighted by atomic mass is 16.5. The van der Waals surface area contributed by atoms with Crippen LogP contribution >= 0.6 is 0 Å². The second-order valence-electron chi connectivity index (χ2n) is 5.72. The first kappa shape index (κ1) is 15.8. The number of carbonyl (C=O) groups is 3. The normalized spacial score (nSPS) is 14.1. The SMILES string of the molecule is Cc1ccc2c(c1)N(CC(=O)NC(C)(C)C(=O)O)C(=O)CO2. The maximum Gasteiger partial charge on any atom is 0.328 e. The van der Waals surface area contributed by atoms with Gasteiger partial charge in [0.15, 0.2) is 6.61 Å². The molecule has 0 saturated heterocycles. The van der Waals surface area contributed by atoms with E-state index in [0.717, 1.165) is 5.56 Å². The van der Waals surface area contributed by atoms with Crippen molar-refractivity contribution < 1.29 is 24.2 Å². The Bertz CT molecular complexity index is 639. The van der Waals surface area contributed by atoms with Gasteiger partial charge in [-0.3, -0.25) is 14.5 Å². The van der Waals surface area contributed by atoms with Gasteiger partial charge >= 0.3 is 5.97 Å². The fourth-order valence-corrected chi connectivity index (χ4v) is 2.07. The Hall–Kier alpha value is -2.57. The van der Waals surface area contributed by atoms with E-state index in [1.165, 1.54) is 18.7 Å². The Balaban J connectivity index is 2.19. The minimum Gasteiger partial charge on any atom is -0.482 e. The van der Waals surface area contributed by atoms with Crippen LogP contribution in [0.15, 0.2) is 18.2 Å². The van der Waals surface area contributed by atoms with Crippen LogP contribution < -0.4 is 15.0 Å². The number of ether oxygens (including phenoxy) is 1. The molecule has 0 saturated carbocycles. The Kier molecular flexibility index (Phi) is 4.07. The molecule has 0 bridgehead atoms. The molecule has 2 rings (SSSR count). The van der Waals surface area contributed by atoms with Crippen molar-refractivity contribution in [3.8, 4) is 5.75 Å². The van der Waals surface area contributed by atoms with Crippen LogP contribution in [-0.2, 0) is 14.4 Å². The van der Waals surface area contributed by atoms with Gasteiger partial charge in [-0.1, -0.05) is 6.07 Å². The predicted octanol–water partition coefficient (Wildman–Crippen LogP) is 0.700. The van der Waals surface area contributed by atoms with E-state index in [-0.39, 0.29) is 19.1 Å². The monoisotopic (exact) mass is 306 g/mol. The number of aliphatic carboxylic acids is 1. The van der Waals surface area contributed by atoms with Gasteiger partial charge in [-0.15, -0.1) is 0 Å². The zero-order valence-electron chi connectivity index (χ0n) is 12.7. The number of hydrogen-bond acceptors (Lipinski definition) is 4. The van der Waals surface area contributed by atoms with Crippen molar-refractivity contribution in [1.82, 2.24) is 5.32 Å². The summed E-state index contributed by atoms with van der Waals surface area (Å²) in [5, 5.41) is 11.4. The molecule has 1 aromatic carbocycles. The third kappa shape index (κ3) is 3.19. The quantitative estimate of drug-likeness (QED) is 0.853. The second kappa shape index (κ2) is 5.67. The first-order valence-corrected chi connectivity index (χ1v) is 6.79. The molecule has 7 nitrogen and oxygen atoms in total. The molecule has 0 aromatic heterocycles. The molecule has 0 aliphatic carbocycles.